The van der Waals surface area contributed by atoms with Crippen LogP contribution in [0.1, 0.15) is 39.2 Å². The van der Waals surface area contributed by atoms with Gasteiger partial charge in [-0.3, -0.25) is 9.78 Å². The Hall–Kier alpha value is -1.38. The van der Waals surface area contributed by atoms with Gasteiger partial charge in [0.15, 0.2) is 0 Å². The minimum absolute atomic E-state index is 0.200. The first-order valence-corrected chi connectivity index (χ1v) is 5.03. The van der Waals surface area contributed by atoms with Crippen LogP contribution in [0.4, 0.5) is 0 Å². The molecule has 0 N–H and O–H groups in total. The molecule has 1 aromatic heterocycles. The smallest absolute Gasteiger partial charge is 0.313 e. The Morgan fingerprint density at radius 2 is 1.87 bits per heavy atom. The number of hydrogen-bond donors (Lipinski definition) is 0. The molecule has 1 rings (SSSR count). The quantitative estimate of drug-likeness (QED) is 0.699. The van der Waals surface area contributed by atoms with E-state index in [-0.39, 0.29) is 11.9 Å². The van der Waals surface area contributed by atoms with Crippen LogP contribution in [0.2, 0.25) is 0 Å². The Bertz CT molecular complexity index is 327. The monoisotopic (exact) mass is 207 g/mol. The molecular weight excluding hydrogens is 190 g/mol. The van der Waals surface area contributed by atoms with Crippen LogP contribution < -0.4 is 0 Å². The van der Waals surface area contributed by atoms with E-state index in [1.165, 1.54) is 0 Å². The van der Waals surface area contributed by atoms with Crippen molar-refractivity contribution in [2.24, 2.45) is 0 Å². The largest absolute Gasteiger partial charge is 0.460 e. The molecule has 0 aromatic carbocycles. The van der Waals surface area contributed by atoms with E-state index in [9.17, 15) is 4.79 Å². The zero-order valence-corrected chi connectivity index (χ0v) is 9.65. The van der Waals surface area contributed by atoms with Crippen molar-refractivity contribution < 1.29 is 9.53 Å². The molecule has 3 heteroatoms. The summed E-state index contributed by atoms with van der Waals surface area (Å²) in [4.78, 5) is 15.6. The number of pyridine rings is 1. The number of rotatable bonds is 2. The zero-order chi connectivity index (χ0) is 11.5. The summed E-state index contributed by atoms with van der Waals surface area (Å²) in [5, 5.41) is 0. The van der Waals surface area contributed by atoms with E-state index in [0.29, 0.717) is 0 Å². The minimum Gasteiger partial charge on any atom is -0.460 e. The maximum absolute atomic E-state index is 11.7. The number of carbonyl (C=O) groups is 1. The van der Waals surface area contributed by atoms with Crippen molar-refractivity contribution in [1.29, 1.82) is 0 Å². The van der Waals surface area contributed by atoms with Crippen molar-refractivity contribution >= 4 is 5.97 Å². The van der Waals surface area contributed by atoms with E-state index in [2.05, 4.69) is 4.98 Å². The predicted molar refractivity (Wildman–Crippen MR) is 58.5 cm³/mol. The second kappa shape index (κ2) is 4.43. The van der Waals surface area contributed by atoms with E-state index in [4.69, 9.17) is 4.74 Å². The van der Waals surface area contributed by atoms with Crippen molar-refractivity contribution in [3.8, 4) is 0 Å². The first-order chi connectivity index (χ1) is 6.90. The van der Waals surface area contributed by atoms with Crippen LogP contribution in [-0.2, 0) is 9.53 Å². The van der Waals surface area contributed by atoms with E-state index >= 15 is 0 Å². The van der Waals surface area contributed by atoms with Gasteiger partial charge in [0.2, 0.25) is 0 Å². The van der Waals surface area contributed by atoms with Crippen LogP contribution in [0.25, 0.3) is 0 Å². The third-order valence-corrected chi connectivity index (χ3v) is 1.97. The summed E-state index contributed by atoms with van der Waals surface area (Å²) >= 11 is 0. The van der Waals surface area contributed by atoms with Gasteiger partial charge in [-0.2, -0.15) is 0 Å². The van der Waals surface area contributed by atoms with Gasteiger partial charge >= 0.3 is 5.97 Å². The Balaban J connectivity index is 2.70. The molecule has 0 bridgehead atoms. The molecular formula is C12H17NO2. The molecule has 1 aromatic rings. The van der Waals surface area contributed by atoms with Crippen LogP contribution in [0.3, 0.4) is 0 Å². The summed E-state index contributed by atoms with van der Waals surface area (Å²) < 4.78 is 5.29. The normalized spacial score (nSPS) is 13.3. The van der Waals surface area contributed by atoms with Gasteiger partial charge in [0.25, 0.3) is 0 Å². The molecule has 3 nitrogen and oxygen atoms in total. The third-order valence-electron chi connectivity index (χ3n) is 1.97. The Morgan fingerprint density at radius 3 is 2.33 bits per heavy atom. The molecule has 0 aliphatic carbocycles. The molecule has 82 valence electrons. The summed E-state index contributed by atoms with van der Waals surface area (Å²) in [6, 6.07) is 3.66. The fourth-order valence-electron chi connectivity index (χ4n) is 1.18. The number of ether oxygens (including phenoxy) is 1. The molecule has 15 heavy (non-hydrogen) atoms. The second-order valence-electron chi connectivity index (χ2n) is 4.54. The van der Waals surface area contributed by atoms with Crippen molar-refractivity contribution in [2.75, 3.05) is 0 Å². The topological polar surface area (TPSA) is 39.2 Å². The van der Waals surface area contributed by atoms with Gasteiger partial charge in [-0.1, -0.05) is 0 Å². The Labute approximate surface area is 90.5 Å². The summed E-state index contributed by atoms with van der Waals surface area (Å²) in [7, 11) is 0. The van der Waals surface area contributed by atoms with Crippen molar-refractivity contribution in [3.63, 3.8) is 0 Å². The second-order valence-corrected chi connectivity index (χ2v) is 4.54. The molecule has 0 spiro atoms. The van der Waals surface area contributed by atoms with Crippen molar-refractivity contribution in [3.05, 3.63) is 30.1 Å². The Kier molecular flexibility index (Phi) is 3.45. The lowest BCUT2D eigenvalue weighted by Crippen LogP contribution is -2.26. The van der Waals surface area contributed by atoms with Gasteiger partial charge < -0.3 is 4.74 Å². The SMILES string of the molecule is CC(C(=O)OC(C)(C)C)c1ccncc1. The summed E-state index contributed by atoms with van der Waals surface area (Å²) in [6.45, 7) is 7.43. The lowest BCUT2D eigenvalue weighted by Gasteiger charge is -2.22. The zero-order valence-electron chi connectivity index (χ0n) is 9.65. The van der Waals surface area contributed by atoms with Gasteiger partial charge in [-0.15, -0.1) is 0 Å². The minimum atomic E-state index is -0.432. The molecule has 0 radical (unpaired) electrons. The number of aromatic nitrogens is 1. The first kappa shape index (κ1) is 11.7. The molecule has 1 unspecified atom stereocenters. The number of carbonyl (C=O) groups excluding carboxylic acids is 1. The summed E-state index contributed by atoms with van der Waals surface area (Å²) in [6.07, 6.45) is 3.35. The standard InChI is InChI=1S/C12H17NO2/c1-9(10-5-7-13-8-6-10)11(14)15-12(2,3)4/h5-9H,1-4H3. The van der Waals surface area contributed by atoms with E-state index in [1.54, 1.807) is 12.4 Å². The van der Waals surface area contributed by atoms with Crippen LogP contribution in [0.5, 0.6) is 0 Å². The molecule has 0 fully saturated rings. The molecule has 0 amide bonds. The van der Waals surface area contributed by atoms with E-state index in [0.717, 1.165) is 5.56 Å². The lowest BCUT2D eigenvalue weighted by atomic mass is 10.0. The van der Waals surface area contributed by atoms with Crippen LogP contribution in [0, 0.1) is 0 Å². The fraction of sp³-hybridized carbons (Fsp3) is 0.500. The maximum Gasteiger partial charge on any atom is 0.313 e. The highest BCUT2D eigenvalue weighted by atomic mass is 16.6. The molecule has 0 aliphatic heterocycles. The van der Waals surface area contributed by atoms with Gasteiger partial charge in [-0.05, 0) is 45.4 Å². The highest BCUT2D eigenvalue weighted by molar-refractivity contribution is 5.77. The molecule has 1 atom stereocenters. The molecule has 0 saturated carbocycles. The Morgan fingerprint density at radius 1 is 1.33 bits per heavy atom. The average molecular weight is 207 g/mol. The molecule has 0 aliphatic rings. The van der Waals surface area contributed by atoms with Crippen LogP contribution in [0.15, 0.2) is 24.5 Å². The lowest BCUT2D eigenvalue weighted by molar-refractivity contribution is -0.156. The fourth-order valence-corrected chi connectivity index (χ4v) is 1.18. The molecule has 1 heterocycles. The third kappa shape index (κ3) is 3.70. The van der Waals surface area contributed by atoms with Gasteiger partial charge in [-0.25, -0.2) is 0 Å². The van der Waals surface area contributed by atoms with Crippen molar-refractivity contribution in [1.82, 2.24) is 4.98 Å². The maximum atomic E-state index is 11.7. The van der Waals surface area contributed by atoms with Crippen molar-refractivity contribution in [2.45, 2.75) is 39.2 Å². The van der Waals surface area contributed by atoms with E-state index < -0.39 is 5.60 Å². The van der Waals surface area contributed by atoms with Gasteiger partial charge in [0.05, 0.1) is 5.92 Å². The van der Waals surface area contributed by atoms with Crippen LogP contribution in [-0.4, -0.2) is 16.6 Å². The summed E-state index contributed by atoms with van der Waals surface area (Å²) in [5.41, 5.74) is 0.498. The average Bonchev–Trinajstić information content (AvgIpc) is 2.15. The van der Waals surface area contributed by atoms with E-state index in [1.807, 2.05) is 39.8 Å². The molecule has 0 saturated heterocycles. The number of nitrogens with zero attached hydrogens (tertiary/aromatic N) is 1. The number of esters is 1. The first-order valence-electron chi connectivity index (χ1n) is 5.03. The number of hydrogen-bond acceptors (Lipinski definition) is 3. The summed E-state index contributed by atoms with van der Waals surface area (Å²) in [5.74, 6) is -0.444. The predicted octanol–water partition coefficient (Wildman–Crippen LogP) is 2.53. The highest BCUT2D eigenvalue weighted by Crippen LogP contribution is 2.19. The highest BCUT2D eigenvalue weighted by Gasteiger charge is 2.22. The van der Waals surface area contributed by atoms with Gasteiger partial charge in [0, 0.05) is 12.4 Å². The van der Waals surface area contributed by atoms with Crippen LogP contribution >= 0.6 is 0 Å². The van der Waals surface area contributed by atoms with Gasteiger partial charge in [0.1, 0.15) is 5.60 Å².